The van der Waals surface area contributed by atoms with Crippen LogP contribution in [0.15, 0.2) is 83.8 Å². The predicted molar refractivity (Wildman–Crippen MR) is 119 cm³/mol. The molecule has 0 saturated carbocycles. The molecule has 0 aliphatic heterocycles. The molecule has 4 aromatic rings. The lowest BCUT2D eigenvalue weighted by atomic mass is 9.96. The minimum absolute atomic E-state index is 0.150. The van der Waals surface area contributed by atoms with E-state index in [0.717, 1.165) is 29.1 Å². The van der Waals surface area contributed by atoms with Crippen molar-refractivity contribution in [1.82, 2.24) is 0 Å². The summed E-state index contributed by atoms with van der Waals surface area (Å²) >= 11 is 5.94. The van der Waals surface area contributed by atoms with E-state index in [-0.39, 0.29) is 15.5 Å². The fourth-order valence-electron chi connectivity index (χ4n) is 3.35. The molecule has 31 heavy (non-hydrogen) atoms. The van der Waals surface area contributed by atoms with Crippen molar-refractivity contribution < 1.29 is 22.7 Å². The fraction of sp³-hybridized carbons (Fsp3) is 0. The van der Waals surface area contributed by atoms with E-state index in [4.69, 9.17) is 11.6 Å². The van der Waals surface area contributed by atoms with Crippen molar-refractivity contribution in [1.29, 1.82) is 0 Å². The molecule has 0 fully saturated rings. The van der Waals surface area contributed by atoms with Crippen LogP contribution in [0.3, 0.4) is 0 Å². The van der Waals surface area contributed by atoms with Crippen molar-refractivity contribution >= 4 is 44.1 Å². The number of benzene rings is 4. The third-order valence-electron chi connectivity index (χ3n) is 4.77. The number of aromatic carboxylic acids is 1. The third kappa shape index (κ3) is 4.10. The summed E-state index contributed by atoms with van der Waals surface area (Å²) in [6.07, 6.45) is 0. The summed E-state index contributed by atoms with van der Waals surface area (Å²) < 4.78 is 41.6. The van der Waals surface area contributed by atoms with Crippen molar-refractivity contribution in [2.45, 2.75) is 4.90 Å². The van der Waals surface area contributed by atoms with E-state index in [0.29, 0.717) is 16.6 Å². The van der Waals surface area contributed by atoms with Crippen LogP contribution >= 0.6 is 11.6 Å². The highest BCUT2D eigenvalue weighted by atomic mass is 35.5. The van der Waals surface area contributed by atoms with Crippen molar-refractivity contribution in [3.63, 3.8) is 0 Å². The second-order valence-corrected chi connectivity index (χ2v) is 8.83. The standard InChI is InChI=1S/C23H15ClFNO4S/c24-20-13-16(25)8-11-22(20)31(29,30)26-21-10-9-17(18-6-1-2-7-19(18)21)14-4-3-5-15(12-14)23(27)28/h1-13,26H,(H,27,28). The molecule has 2 N–H and O–H groups in total. The van der Waals surface area contributed by atoms with Crippen LogP contribution in [0, 0.1) is 5.82 Å². The molecule has 0 aromatic heterocycles. The van der Waals surface area contributed by atoms with Gasteiger partial charge in [0.25, 0.3) is 10.0 Å². The highest BCUT2D eigenvalue weighted by Crippen LogP contribution is 2.35. The van der Waals surface area contributed by atoms with Crippen LogP contribution in [0.1, 0.15) is 10.4 Å². The van der Waals surface area contributed by atoms with Gasteiger partial charge in [-0.05, 0) is 52.9 Å². The van der Waals surface area contributed by atoms with E-state index in [1.54, 1.807) is 42.5 Å². The Labute approximate surface area is 182 Å². The van der Waals surface area contributed by atoms with Gasteiger partial charge in [-0.2, -0.15) is 0 Å². The molecule has 0 atom stereocenters. The first-order chi connectivity index (χ1) is 14.8. The minimum Gasteiger partial charge on any atom is -0.478 e. The number of nitrogens with one attached hydrogen (secondary N) is 1. The average Bonchev–Trinajstić information content (AvgIpc) is 2.73. The van der Waals surface area contributed by atoms with Crippen molar-refractivity contribution in [2.24, 2.45) is 0 Å². The maximum atomic E-state index is 13.3. The van der Waals surface area contributed by atoms with Crippen molar-refractivity contribution in [2.75, 3.05) is 4.72 Å². The Morgan fingerprint density at radius 1 is 0.903 bits per heavy atom. The number of sulfonamides is 1. The topological polar surface area (TPSA) is 83.5 Å². The number of carboxylic acid groups (broad SMARTS) is 1. The number of rotatable bonds is 5. The second-order valence-electron chi connectivity index (χ2n) is 6.77. The molecule has 0 amide bonds. The first-order valence-corrected chi connectivity index (χ1v) is 11.0. The predicted octanol–water partition coefficient (Wildman–Crippen LogP) is 5.80. The molecule has 0 unspecified atom stereocenters. The number of fused-ring (bicyclic) bond motifs is 1. The molecule has 0 aliphatic rings. The molecule has 4 rings (SSSR count). The van der Waals surface area contributed by atoms with Crippen LogP contribution in [-0.4, -0.2) is 19.5 Å². The lowest BCUT2D eigenvalue weighted by Gasteiger charge is -2.15. The van der Waals surface area contributed by atoms with Gasteiger partial charge in [0.15, 0.2) is 0 Å². The van der Waals surface area contributed by atoms with Crippen LogP contribution in [0.2, 0.25) is 5.02 Å². The zero-order chi connectivity index (χ0) is 22.2. The number of halogens is 2. The molecule has 5 nitrogen and oxygen atoms in total. The van der Waals surface area contributed by atoms with E-state index < -0.39 is 21.8 Å². The van der Waals surface area contributed by atoms with E-state index in [1.165, 1.54) is 6.07 Å². The van der Waals surface area contributed by atoms with Crippen LogP contribution in [0.4, 0.5) is 10.1 Å². The van der Waals surface area contributed by atoms with E-state index >= 15 is 0 Å². The smallest absolute Gasteiger partial charge is 0.335 e. The molecule has 0 aliphatic carbocycles. The average molecular weight is 456 g/mol. The summed E-state index contributed by atoms with van der Waals surface area (Å²) in [4.78, 5) is 11.1. The van der Waals surface area contributed by atoms with Crippen molar-refractivity contribution in [3.8, 4) is 11.1 Å². The zero-order valence-electron chi connectivity index (χ0n) is 15.8. The Hall–Kier alpha value is -3.42. The maximum absolute atomic E-state index is 13.3. The lowest BCUT2D eigenvalue weighted by molar-refractivity contribution is 0.0697. The first-order valence-electron chi connectivity index (χ1n) is 9.09. The Morgan fingerprint density at radius 3 is 2.35 bits per heavy atom. The molecule has 0 heterocycles. The largest absolute Gasteiger partial charge is 0.478 e. The molecule has 0 bridgehead atoms. The van der Waals surface area contributed by atoms with Crippen LogP contribution < -0.4 is 4.72 Å². The van der Waals surface area contributed by atoms with Gasteiger partial charge in [0.05, 0.1) is 16.3 Å². The number of anilines is 1. The van der Waals surface area contributed by atoms with Gasteiger partial charge in [-0.25, -0.2) is 17.6 Å². The maximum Gasteiger partial charge on any atom is 0.335 e. The number of hydrogen-bond acceptors (Lipinski definition) is 3. The van der Waals surface area contributed by atoms with Gasteiger partial charge in [-0.3, -0.25) is 4.72 Å². The van der Waals surface area contributed by atoms with Gasteiger partial charge < -0.3 is 5.11 Å². The van der Waals surface area contributed by atoms with Gasteiger partial charge in [0, 0.05) is 5.39 Å². The van der Waals surface area contributed by atoms with Gasteiger partial charge >= 0.3 is 5.97 Å². The van der Waals surface area contributed by atoms with Gasteiger partial charge in [-0.15, -0.1) is 0 Å². The molecular weight excluding hydrogens is 441 g/mol. The summed E-state index contributed by atoms with van der Waals surface area (Å²) in [6, 6.07) is 20.0. The van der Waals surface area contributed by atoms with E-state index in [1.807, 2.05) is 12.1 Å². The summed E-state index contributed by atoms with van der Waals surface area (Å²) in [7, 11) is -4.07. The number of hydrogen-bond donors (Lipinski definition) is 2. The molecule has 4 aromatic carbocycles. The van der Waals surface area contributed by atoms with Crippen LogP contribution in [-0.2, 0) is 10.0 Å². The van der Waals surface area contributed by atoms with Crippen LogP contribution in [0.5, 0.6) is 0 Å². The normalized spacial score (nSPS) is 11.4. The molecule has 0 saturated heterocycles. The number of carboxylic acids is 1. The Balaban J connectivity index is 1.82. The Bertz CT molecular complexity index is 1440. The van der Waals surface area contributed by atoms with Gasteiger partial charge in [0.1, 0.15) is 10.7 Å². The summed E-state index contributed by atoms with van der Waals surface area (Å²) in [5.41, 5.74) is 1.90. The third-order valence-corrected chi connectivity index (χ3v) is 6.62. The summed E-state index contributed by atoms with van der Waals surface area (Å²) in [5.74, 6) is -1.67. The molecular formula is C23H15ClFNO4S. The summed E-state index contributed by atoms with van der Waals surface area (Å²) in [5, 5.41) is 10.4. The number of carbonyl (C=O) groups is 1. The molecule has 8 heteroatoms. The highest BCUT2D eigenvalue weighted by Gasteiger charge is 2.20. The molecule has 0 radical (unpaired) electrons. The molecule has 0 spiro atoms. The highest BCUT2D eigenvalue weighted by molar-refractivity contribution is 7.92. The fourth-order valence-corrected chi connectivity index (χ4v) is 4.96. The van der Waals surface area contributed by atoms with Crippen molar-refractivity contribution in [3.05, 3.63) is 95.3 Å². The SMILES string of the molecule is O=C(O)c1cccc(-c2ccc(NS(=O)(=O)c3ccc(F)cc3Cl)c3ccccc23)c1. The Kier molecular flexibility index (Phi) is 5.39. The van der Waals surface area contributed by atoms with Crippen LogP contribution in [0.25, 0.3) is 21.9 Å². The first kappa shape index (κ1) is 20.8. The molecule has 156 valence electrons. The monoisotopic (exact) mass is 455 g/mol. The van der Waals surface area contributed by atoms with Gasteiger partial charge in [-0.1, -0.05) is 54.1 Å². The van der Waals surface area contributed by atoms with E-state index in [2.05, 4.69) is 4.72 Å². The zero-order valence-corrected chi connectivity index (χ0v) is 17.4. The second kappa shape index (κ2) is 8.02. The minimum atomic E-state index is -4.07. The van der Waals surface area contributed by atoms with E-state index in [9.17, 15) is 22.7 Å². The Morgan fingerprint density at radius 2 is 1.65 bits per heavy atom. The quantitative estimate of drug-likeness (QED) is 0.398. The van der Waals surface area contributed by atoms with Gasteiger partial charge in [0.2, 0.25) is 0 Å². The lowest BCUT2D eigenvalue weighted by Crippen LogP contribution is -2.14. The summed E-state index contributed by atoms with van der Waals surface area (Å²) in [6.45, 7) is 0.